The van der Waals surface area contributed by atoms with Crippen LogP contribution >= 0.6 is 0 Å². The van der Waals surface area contributed by atoms with E-state index >= 15 is 0 Å². The summed E-state index contributed by atoms with van der Waals surface area (Å²) >= 11 is 0. The van der Waals surface area contributed by atoms with Gasteiger partial charge in [0.05, 0.1) is 12.8 Å². The van der Waals surface area contributed by atoms with Crippen LogP contribution in [-0.4, -0.2) is 46.9 Å². The molecular formula is C17H28F3N3O2. The summed E-state index contributed by atoms with van der Waals surface area (Å²) in [4.78, 5) is 13.8. The van der Waals surface area contributed by atoms with Crippen LogP contribution in [0.25, 0.3) is 0 Å². The quantitative estimate of drug-likeness (QED) is 0.691. The van der Waals surface area contributed by atoms with Gasteiger partial charge in [-0.3, -0.25) is 4.68 Å². The van der Waals surface area contributed by atoms with Gasteiger partial charge >= 0.3 is 12.1 Å². The van der Waals surface area contributed by atoms with Gasteiger partial charge in [0, 0.05) is 6.54 Å². The van der Waals surface area contributed by atoms with Crippen molar-refractivity contribution < 1.29 is 22.7 Å². The van der Waals surface area contributed by atoms with Crippen LogP contribution in [0.2, 0.25) is 0 Å². The molecular weight excluding hydrogens is 335 g/mol. The first kappa shape index (κ1) is 21.5. The Hall–Kier alpha value is -1.57. The Morgan fingerprint density at radius 1 is 1.24 bits per heavy atom. The number of hydrogen-bond acceptors (Lipinski definition) is 4. The number of carbonyl (C=O) groups excluding carboxylic acids is 1. The molecule has 0 amide bonds. The molecule has 25 heavy (non-hydrogen) atoms. The van der Waals surface area contributed by atoms with Gasteiger partial charge in [-0.25, -0.2) is 4.79 Å². The monoisotopic (exact) mass is 363 g/mol. The normalized spacial score (nSPS) is 14.2. The summed E-state index contributed by atoms with van der Waals surface area (Å²) in [6.45, 7) is 11.9. The average Bonchev–Trinajstić information content (AvgIpc) is 3.25. The van der Waals surface area contributed by atoms with E-state index in [0.717, 1.165) is 23.7 Å². The van der Waals surface area contributed by atoms with Crippen molar-refractivity contribution in [3.05, 3.63) is 17.5 Å². The molecule has 1 aliphatic rings. The molecule has 5 nitrogen and oxygen atoms in total. The number of esters is 1. The van der Waals surface area contributed by atoms with E-state index in [1.807, 2.05) is 0 Å². The molecule has 1 aromatic heterocycles. The van der Waals surface area contributed by atoms with Gasteiger partial charge in [0.25, 0.3) is 0 Å². The van der Waals surface area contributed by atoms with E-state index in [-0.39, 0.29) is 19.1 Å². The number of halogens is 3. The lowest BCUT2D eigenvalue weighted by Gasteiger charge is -2.13. The summed E-state index contributed by atoms with van der Waals surface area (Å²) in [5.41, 5.74) is -1.52. The SMILES string of the molecule is CCN(CC)CC.CCOC(=O)c1cnn(CC2CC2)c1C(F)(F)F. The van der Waals surface area contributed by atoms with E-state index in [1.54, 1.807) is 6.92 Å². The van der Waals surface area contributed by atoms with Crippen LogP contribution in [0.5, 0.6) is 0 Å². The number of hydrogen-bond donors (Lipinski definition) is 0. The second kappa shape index (κ2) is 9.79. The Kier molecular flexibility index (Phi) is 8.41. The molecule has 1 aliphatic carbocycles. The molecule has 0 saturated heterocycles. The van der Waals surface area contributed by atoms with Crippen molar-refractivity contribution in [1.29, 1.82) is 0 Å². The Morgan fingerprint density at radius 3 is 2.16 bits per heavy atom. The predicted octanol–water partition coefficient (Wildman–Crippen LogP) is 3.84. The van der Waals surface area contributed by atoms with Crippen LogP contribution in [0.3, 0.4) is 0 Å². The van der Waals surface area contributed by atoms with Crippen molar-refractivity contribution in [2.45, 2.75) is 53.3 Å². The summed E-state index contributed by atoms with van der Waals surface area (Å²) in [5, 5.41) is 3.66. The standard InChI is InChI=1S/C11H13F3N2O2.C6H15N/c1-2-18-10(17)8-5-15-16(6-7-3-4-7)9(8)11(12,13)14;1-4-7(5-2)6-3/h5,7H,2-4,6H2,1H3;4-6H2,1-3H3. The van der Waals surface area contributed by atoms with Crippen molar-refractivity contribution in [2.24, 2.45) is 5.92 Å². The summed E-state index contributed by atoms with van der Waals surface area (Å²) in [6.07, 6.45) is -1.85. The molecule has 0 aromatic carbocycles. The van der Waals surface area contributed by atoms with Gasteiger partial charge in [-0.05, 0) is 45.3 Å². The topological polar surface area (TPSA) is 47.4 Å². The second-order valence-electron chi connectivity index (χ2n) is 5.87. The minimum absolute atomic E-state index is 0.0317. The summed E-state index contributed by atoms with van der Waals surface area (Å²) in [5.74, 6) is -0.743. The Labute approximate surface area is 147 Å². The molecule has 0 unspecified atom stereocenters. The molecule has 0 aliphatic heterocycles. The zero-order valence-corrected chi connectivity index (χ0v) is 15.4. The van der Waals surface area contributed by atoms with Crippen LogP contribution in [-0.2, 0) is 17.5 Å². The second-order valence-corrected chi connectivity index (χ2v) is 5.87. The maximum atomic E-state index is 12.9. The average molecular weight is 363 g/mol. The van der Waals surface area contributed by atoms with E-state index in [0.29, 0.717) is 0 Å². The number of aromatic nitrogens is 2. The highest BCUT2D eigenvalue weighted by atomic mass is 19.4. The highest BCUT2D eigenvalue weighted by molar-refractivity contribution is 5.90. The first-order valence-corrected chi connectivity index (χ1v) is 8.80. The van der Waals surface area contributed by atoms with E-state index in [1.165, 1.54) is 19.6 Å². The van der Waals surface area contributed by atoms with E-state index < -0.39 is 23.4 Å². The fourth-order valence-corrected chi connectivity index (χ4v) is 2.40. The third-order valence-electron chi connectivity index (χ3n) is 4.07. The maximum Gasteiger partial charge on any atom is 0.433 e. The summed E-state index contributed by atoms with van der Waals surface area (Å²) in [7, 11) is 0. The van der Waals surface area contributed by atoms with Gasteiger partial charge in [-0.2, -0.15) is 18.3 Å². The largest absolute Gasteiger partial charge is 0.462 e. The van der Waals surface area contributed by atoms with Gasteiger partial charge in [0.1, 0.15) is 5.56 Å². The van der Waals surface area contributed by atoms with Crippen molar-refractivity contribution in [2.75, 3.05) is 26.2 Å². The predicted molar refractivity (Wildman–Crippen MR) is 89.4 cm³/mol. The van der Waals surface area contributed by atoms with Crippen LogP contribution in [0, 0.1) is 5.92 Å². The first-order valence-electron chi connectivity index (χ1n) is 8.80. The smallest absolute Gasteiger partial charge is 0.433 e. The van der Waals surface area contributed by atoms with E-state index in [9.17, 15) is 18.0 Å². The number of alkyl halides is 3. The zero-order valence-electron chi connectivity index (χ0n) is 15.4. The number of ether oxygens (including phenoxy) is 1. The maximum absolute atomic E-state index is 12.9. The number of nitrogens with zero attached hydrogens (tertiary/aromatic N) is 3. The van der Waals surface area contributed by atoms with Gasteiger partial charge in [0.2, 0.25) is 0 Å². The number of rotatable bonds is 7. The van der Waals surface area contributed by atoms with Gasteiger partial charge in [-0.15, -0.1) is 0 Å². The fourth-order valence-electron chi connectivity index (χ4n) is 2.40. The summed E-state index contributed by atoms with van der Waals surface area (Å²) < 4.78 is 44.3. The third-order valence-corrected chi connectivity index (χ3v) is 4.07. The zero-order chi connectivity index (χ0) is 19.0. The molecule has 0 N–H and O–H groups in total. The highest BCUT2D eigenvalue weighted by Crippen LogP contribution is 2.36. The number of carbonyl (C=O) groups is 1. The van der Waals surface area contributed by atoms with E-state index in [2.05, 4.69) is 35.5 Å². The summed E-state index contributed by atoms with van der Waals surface area (Å²) in [6, 6.07) is 0. The van der Waals surface area contributed by atoms with Crippen LogP contribution in [0.15, 0.2) is 6.20 Å². The minimum atomic E-state index is -4.60. The van der Waals surface area contributed by atoms with Crippen molar-refractivity contribution >= 4 is 5.97 Å². The van der Waals surface area contributed by atoms with Crippen LogP contribution in [0.1, 0.15) is 56.6 Å². The van der Waals surface area contributed by atoms with Gasteiger partial charge < -0.3 is 9.64 Å². The Bertz CT molecular complexity index is 530. The lowest BCUT2D eigenvalue weighted by atomic mass is 10.2. The van der Waals surface area contributed by atoms with Crippen LogP contribution < -0.4 is 0 Å². The van der Waals surface area contributed by atoms with Gasteiger partial charge in [-0.1, -0.05) is 20.8 Å². The molecule has 0 bridgehead atoms. The molecule has 0 atom stereocenters. The molecule has 8 heteroatoms. The third kappa shape index (κ3) is 6.68. The molecule has 2 rings (SSSR count). The molecule has 1 aromatic rings. The Balaban J connectivity index is 0.000000381. The fraction of sp³-hybridized carbons (Fsp3) is 0.765. The molecule has 1 heterocycles. The van der Waals surface area contributed by atoms with Crippen molar-refractivity contribution in [1.82, 2.24) is 14.7 Å². The Morgan fingerprint density at radius 2 is 1.80 bits per heavy atom. The van der Waals surface area contributed by atoms with Gasteiger partial charge in [0.15, 0.2) is 5.69 Å². The van der Waals surface area contributed by atoms with Crippen molar-refractivity contribution in [3.8, 4) is 0 Å². The minimum Gasteiger partial charge on any atom is -0.462 e. The lowest BCUT2D eigenvalue weighted by Crippen LogP contribution is -2.21. The van der Waals surface area contributed by atoms with E-state index in [4.69, 9.17) is 0 Å². The first-order chi connectivity index (χ1) is 11.8. The lowest BCUT2D eigenvalue weighted by molar-refractivity contribution is -0.144. The molecule has 144 valence electrons. The molecule has 1 fully saturated rings. The molecule has 1 saturated carbocycles. The highest BCUT2D eigenvalue weighted by Gasteiger charge is 2.41. The molecule has 0 spiro atoms. The molecule has 0 radical (unpaired) electrons. The van der Waals surface area contributed by atoms with Crippen molar-refractivity contribution in [3.63, 3.8) is 0 Å². The van der Waals surface area contributed by atoms with Crippen LogP contribution in [0.4, 0.5) is 13.2 Å².